The molecule has 1 aromatic heterocycles. The van der Waals surface area contributed by atoms with Crippen LogP contribution in [0.3, 0.4) is 0 Å². The Hall–Kier alpha value is -2.26. The zero-order chi connectivity index (χ0) is 13.9. The van der Waals surface area contributed by atoms with E-state index in [0.717, 1.165) is 34.3 Å². The number of aliphatic hydroxyl groups excluding tert-OH is 1. The summed E-state index contributed by atoms with van der Waals surface area (Å²) in [5, 5.41) is 10.6. The monoisotopic (exact) mass is 267 g/mol. The van der Waals surface area contributed by atoms with Gasteiger partial charge in [0.2, 0.25) is 0 Å². The summed E-state index contributed by atoms with van der Waals surface area (Å²) in [5.74, 6) is 0.885. The predicted molar refractivity (Wildman–Crippen MR) is 80.0 cm³/mol. The van der Waals surface area contributed by atoms with Crippen LogP contribution in [0.2, 0.25) is 0 Å². The summed E-state index contributed by atoms with van der Waals surface area (Å²) in [6.07, 6.45) is 2.01. The first-order valence-corrected chi connectivity index (χ1v) is 6.63. The Balaban J connectivity index is 2.07. The molecule has 0 aliphatic heterocycles. The first-order valence-electron chi connectivity index (χ1n) is 6.63. The van der Waals surface area contributed by atoms with Crippen molar-refractivity contribution in [2.45, 2.75) is 13.2 Å². The van der Waals surface area contributed by atoms with E-state index in [1.165, 1.54) is 0 Å². The summed E-state index contributed by atoms with van der Waals surface area (Å²) in [6, 6.07) is 16.1. The van der Waals surface area contributed by atoms with Crippen LogP contribution in [0.1, 0.15) is 11.1 Å². The second-order valence-corrected chi connectivity index (χ2v) is 4.77. The fraction of sp³-hybridized carbons (Fsp3) is 0.176. The summed E-state index contributed by atoms with van der Waals surface area (Å²) >= 11 is 0. The van der Waals surface area contributed by atoms with E-state index in [1.54, 1.807) is 7.11 Å². The summed E-state index contributed by atoms with van der Waals surface area (Å²) in [6.45, 7) is 0.782. The van der Waals surface area contributed by atoms with Gasteiger partial charge in [0.1, 0.15) is 5.75 Å². The summed E-state index contributed by atoms with van der Waals surface area (Å²) in [7, 11) is 1.69. The smallest absolute Gasteiger partial charge is 0.123 e. The van der Waals surface area contributed by atoms with E-state index in [0.29, 0.717) is 0 Å². The van der Waals surface area contributed by atoms with Gasteiger partial charge in [-0.1, -0.05) is 36.4 Å². The number of aliphatic hydroxyl groups is 1. The van der Waals surface area contributed by atoms with Gasteiger partial charge >= 0.3 is 0 Å². The topological polar surface area (TPSA) is 34.4 Å². The van der Waals surface area contributed by atoms with Gasteiger partial charge in [-0.2, -0.15) is 0 Å². The van der Waals surface area contributed by atoms with E-state index < -0.39 is 0 Å². The zero-order valence-electron chi connectivity index (χ0n) is 11.4. The highest BCUT2D eigenvalue weighted by atomic mass is 16.5. The van der Waals surface area contributed by atoms with Gasteiger partial charge in [-0.15, -0.1) is 0 Å². The van der Waals surface area contributed by atoms with Crippen molar-refractivity contribution in [2.75, 3.05) is 7.11 Å². The average molecular weight is 267 g/mol. The Morgan fingerprint density at radius 3 is 2.55 bits per heavy atom. The molecule has 0 saturated carbocycles. The van der Waals surface area contributed by atoms with Gasteiger partial charge in [0.25, 0.3) is 0 Å². The van der Waals surface area contributed by atoms with Crippen molar-refractivity contribution in [2.24, 2.45) is 0 Å². The summed E-state index contributed by atoms with van der Waals surface area (Å²) in [4.78, 5) is 0. The molecule has 3 nitrogen and oxygen atoms in total. The second kappa shape index (κ2) is 5.39. The molecule has 20 heavy (non-hydrogen) atoms. The number of nitrogens with zero attached hydrogens (tertiary/aromatic N) is 1. The third kappa shape index (κ3) is 2.17. The van der Waals surface area contributed by atoms with E-state index >= 15 is 0 Å². The van der Waals surface area contributed by atoms with Gasteiger partial charge < -0.3 is 14.4 Å². The molecule has 3 heteroatoms. The molecule has 0 amide bonds. The van der Waals surface area contributed by atoms with Gasteiger partial charge in [0, 0.05) is 28.2 Å². The van der Waals surface area contributed by atoms with Gasteiger partial charge in [0.15, 0.2) is 0 Å². The molecule has 0 aliphatic rings. The van der Waals surface area contributed by atoms with Crippen LogP contribution in [-0.4, -0.2) is 16.8 Å². The molecular formula is C17H17NO2. The van der Waals surface area contributed by atoms with Crippen LogP contribution in [0.4, 0.5) is 0 Å². The number of benzene rings is 2. The molecule has 0 fully saturated rings. The van der Waals surface area contributed by atoms with E-state index in [-0.39, 0.29) is 6.61 Å². The lowest BCUT2D eigenvalue weighted by molar-refractivity contribution is 0.283. The maximum atomic E-state index is 9.48. The molecule has 1 heterocycles. The van der Waals surface area contributed by atoms with Crippen molar-refractivity contribution >= 4 is 10.9 Å². The van der Waals surface area contributed by atoms with E-state index in [4.69, 9.17) is 4.74 Å². The molecule has 102 valence electrons. The minimum atomic E-state index is 0.0550. The molecule has 2 aromatic carbocycles. The second-order valence-electron chi connectivity index (χ2n) is 4.77. The molecule has 0 spiro atoms. The van der Waals surface area contributed by atoms with Crippen LogP contribution in [0.25, 0.3) is 10.9 Å². The van der Waals surface area contributed by atoms with E-state index in [9.17, 15) is 5.11 Å². The number of methoxy groups -OCH3 is 1. The lowest BCUT2D eigenvalue weighted by Crippen LogP contribution is -2.00. The lowest BCUT2D eigenvalue weighted by atomic mass is 10.2. The van der Waals surface area contributed by atoms with Crippen LogP contribution in [0, 0.1) is 0 Å². The molecule has 3 aromatic rings. The summed E-state index contributed by atoms with van der Waals surface area (Å²) < 4.78 is 7.55. The first kappa shape index (κ1) is 12.8. The van der Waals surface area contributed by atoms with Crippen molar-refractivity contribution in [3.05, 3.63) is 65.9 Å². The number of ether oxygens (including phenoxy) is 1. The van der Waals surface area contributed by atoms with Crippen molar-refractivity contribution in [1.82, 2.24) is 4.57 Å². The van der Waals surface area contributed by atoms with Crippen molar-refractivity contribution in [1.29, 1.82) is 0 Å². The molecule has 0 bridgehead atoms. The lowest BCUT2D eigenvalue weighted by Gasteiger charge is -2.10. The summed E-state index contributed by atoms with van der Waals surface area (Å²) in [5.41, 5.74) is 3.21. The van der Waals surface area contributed by atoms with Crippen LogP contribution in [0.15, 0.2) is 54.7 Å². The molecule has 1 N–H and O–H groups in total. The number of aromatic nitrogens is 1. The minimum Gasteiger partial charge on any atom is -0.496 e. The normalized spacial score (nSPS) is 10.9. The maximum absolute atomic E-state index is 9.48. The Labute approximate surface area is 118 Å². The highest BCUT2D eigenvalue weighted by molar-refractivity contribution is 5.84. The predicted octanol–water partition coefficient (Wildman–Crippen LogP) is 3.19. The van der Waals surface area contributed by atoms with Gasteiger partial charge in [-0.25, -0.2) is 0 Å². The van der Waals surface area contributed by atoms with Crippen molar-refractivity contribution in [3.63, 3.8) is 0 Å². The average Bonchev–Trinajstić information content (AvgIpc) is 2.86. The third-order valence-electron chi connectivity index (χ3n) is 3.57. The van der Waals surface area contributed by atoms with Crippen molar-refractivity contribution < 1.29 is 9.84 Å². The van der Waals surface area contributed by atoms with Crippen LogP contribution in [-0.2, 0) is 13.2 Å². The fourth-order valence-corrected chi connectivity index (χ4v) is 2.60. The van der Waals surface area contributed by atoms with E-state index in [1.807, 2.05) is 42.6 Å². The van der Waals surface area contributed by atoms with Crippen LogP contribution < -0.4 is 4.74 Å². The van der Waals surface area contributed by atoms with Crippen molar-refractivity contribution in [3.8, 4) is 5.75 Å². The highest BCUT2D eigenvalue weighted by Crippen LogP contribution is 2.25. The van der Waals surface area contributed by atoms with Crippen LogP contribution in [0.5, 0.6) is 5.75 Å². The third-order valence-corrected chi connectivity index (χ3v) is 3.57. The molecule has 0 unspecified atom stereocenters. The number of fused-ring (bicyclic) bond motifs is 1. The largest absolute Gasteiger partial charge is 0.496 e. The standard InChI is InChI=1S/C17H17NO2/c1-20-17-9-5-2-6-13(17)10-18-11-14(12-19)15-7-3-4-8-16(15)18/h2-9,11,19H,10,12H2,1H3. The zero-order valence-corrected chi connectivity index (χ0v) is 11.4. The fourth-order valence-electron chi connectivity index (χ4n) is 2.60. The molecule has 0 radical (unpaired) electrons. The number of hydrogen-bond donors (Lipinski definition) is 1. The molecule has 0 saturated heterocycles. The highest BCUT2D eigenvalue weighted by Gasteiger charge is 2.09. The maximum Gasteiger partial charge on any atom is 0.123 e. The Kier molecular flexibility index (Phi) is 3.44. The Morgan fingerprint density at radius 2 is 1.75 bits per heavy atom. The number of para-hydroxylation sites is 2. The quantitative estimate of drug-likeness (QED) is 0.787. The van der Waals surface area contributed by atoms with Gasteiger partial charge in [0.05, 0.1) is 20.3 Å². The van der Waals surface area contributed by atoms with Gasteiger partial charge in [-0.05, 0) is 12.1 Å². The van der Waals surface area contributed by atoms with Gasteiger partial charge in [-0.3, -0.25) is 0 Å². The molecule has 3 rings (SSSR count). The number of rotatable bonds is 4. The molecular weight excluding hydrogens is 250 g/mol. The minimum absolute atomic E-state index is 0.0550. The first-order chi connectivity index (χ1) is 9.83. The van der Waals surface area contributed by atoms with Crippen LogP contribution >= 0.6 is 0 Å². The number of hydrogen-bond acceptors (Lipinski definition) is 2. The van der Waals surface area contributed by atoms with E-state index in [2.05, 4.69) is 16.7 Å². The SMILES string of the molecule is COc1ccccc1Cn1cc(CO)c2ccccc21. The molecule has 0 atom stereocenters. The molecule has 0 aliphatic carbocycles. The Morgan fingerprint density at radius 1 is 1.00 bits per heavy atom. The Bertz CT molecular complexity index is 731.